The molecule has 2 rings (SSSR count). The molecular weight excluding hydrogens is 238 g/mol. The fraction of sp³-hybridized carbons (Fsp3) is 0.438. The van der Waals surface area contributed by atoms with Crippen LogP contribution in [0.4, 0.5) is 0 Å². The molecule has 0 radical (unpaired) electrons. The lowest BCUT2D eigenvalue weighted by molar-refractivity contribution is 0.0823. The second-order valence-electron chi connectivity index (χ2n) is 5.08. The third-order valence-electron chi connectivity index (χ3n) is 3.71. The van der Waals surface area contributed by atoms with Crippen molar-refractivity contribution < 1.29 is 9.90 Å². The fourth-order valence-corrected chi connectivity index (χ4v) is 2.70. The SMILES string of the molecule is C=C1c2ccccc2C(=O)N1CC(CCC)CCO. The van der Waals surface area contributed by atoms with Crippen LogP contribution in [0.1, 0.15) is 42.1 Å². The predicted octanol–water partition coefficient (Wildman–Crippen LogP) is 2.91. The van der Waals surface area contributed by atoms with E-state index in [0.29, 0.717) is 12.5 Å². The summed E-state index contributed by atoms with van der Waals surface area (Å²) in [6.45, 7) is 6.99. The number of rotatable bonds is 6. The van der Waals surface area contributed by atoms with Gasteiger partial charge in [0, 0.05) is 30.0 Å². The van der Waals surface area contributed by atoms with Crippen LogP contribution in [-0.4, -0.2) is 29.1 Å². The van der Waals surface area contributed by atoms with Crippen LogP contribution in [0.2, 0.25) is 0 Å². The van der Waals surface area contributed by atoms with E-state index in [2.05, 4.69) is 13.5 Å². The average molecular weight is 259 g/mol. The van der Waals surface area contributed by atoms with Crippen LogP contribution in [0.5, 0.6) is 0 Å². The highest BCUT2D eigenvalue weighted by Crippen LogP contribution is 2.32. The highest BCUT2D eigenvalue weighted by molar-refractivity contribution is 6.08. The number of carbonyl (C=O) groups excluding carboxylic acids is 1. The van der Waals surface area contributed by atoms with Crippen LogP contribution in [0.15, 0.2) is 30.8 Å². The highest BCUT2D eigenvalue weighted by atomic mass is 16.3. The molecule has 0 aliphatic carbocycles. The second kappa shape index (κ2) is 6.02. The standard InChI is InChI=1S/C16H21NO2/c1-3-6-13(9-10-18)11-17-12(2)14-7-4-5-8-15(14)16(17)19/h4-5,7-8,13,18H,2-3,6,9-11H2,1H3. The van der Waals surface area contributed by atoms with E-state index in [-0.39, 0.29) is 12.5 Å². The van der Waals surface area contributed by atoms with Gasteiger partial charge in [-0.25, -0.2) is 0 Å². The third-order valence-corrected chi connectivity index (χ3v) is 3.71. The summed E-state index contributed by atoms with van der Waals surface area (Å²) in [5, 5.41) is 9.12. The molecule has 1 aromatic carbocycles. The number of carbonyl (C=O) groups is 1. The van der Waals surface area contributed by atoms with Crippen LogP contribution < -0.4 is 0 Å². The van der Waals surface area contributed by atoms with Crippen LogP contribution in [0, 0.1) is 5.92 Å². The van der Waals surface area contributed by atoms with Gasteiger partial charge in [0.2, 0.25) is 0 Å². The first-order valence-electron chi connectivity index (χ1n) is 6.90. The number of amides is 1. The van der Waals surface area contributed by atoms with Crippen LogP contribution in [0.25, 0.3) is 5.70 Å². The lowest BCUT2D eigenvalue weighted by Crippen LogP contribution is -2.29. The van der Waals surface area contributed by atoms with Crippen molar-refractivity contribution in [1.82, 2.24) is 4.90 Å². The van der Waals surface area contributed by atoms with Crippen molar-refractivity contribution >= 4 is 11.6 Å². The van der Waals surface area contributed by atoms with Crippen molar-refractivity contribution in [3.63, 3.8) is 0 Å². The van der Waals surface area contributed by atoms with E-state index in [9.17, 15) is 4.79 Å². The van der Waals surface area contributed by atoms with E-state index in [0.717, 1.165) is 36.1 Å². The van der Waals surface area contributed by atoms with Gasteiger partial charge in [0.15, 0.2) is 0 Å². The molecule has 1 aliphatic heterocycles. The van der Waals surface area contributed by atoms with Crippen molar-refractivity contribution in [3.8, 4) is 0 Å². The minimum Gasteiger partial charge on any atom is -0.396 e. The molecule has 1 N–H and O–H groups in total. The summed E-state index contributed by atoms with van der Waals surface area (Å²) in [6.07, 6.45) is 2.82. The summed E-state index contributed by atoms with van der Waals surface area (Å²) in [5.74, 6) is 0.379. The maximum atomic E-state index is 12.4. The molecule has 1 heterocycles. The van der Waals surface area contributed by atoms with Crippen molar-refractivity contribution in [2.24, 2.45) is 5.92 Å². The normalized spacial score (nSPS) is 15.8. The van der Waals surface area contributed by atoms with Gasteiger partial charge >= 0.3 is 0 Å². The maximum Gasteiger partial charge on any atom is 0.258 e. The lowest BCUT2D eigenvalue weighted by Gasteiger charge is -2.24. The summed E-state index contributed by atoms with van der Waals surface area (Å²) in [5.41, 5.74) is 2.47. The number of hydrogen-bond donors (Lipinski definition) is 1. The molecule has 1 atom stereocenters. The number of hydrogen-bond acceptors (Lipinski definition) is 2. The van der Waals surface area contributed by atoms with Gasteiger partial charge in [-0.1, -0.05) is 38.1 Å². The fourth-order valence-electron chi connectivity index (χ4n) is 2.70. The topological polar surface area (TPSA) is 40.5 Å². The van der Waals surface area contributed by atoms with Crippen LogP contribution >= 0.6 is 0 Å². The third kappa shape index (κ3) is 2.71. The van der Waals surface area contributed by atoms with Gasteiger partial charge in [-0.05, 0) is 24.8 Å². The summed E-state index contributed by atoms with van der Waals surface area (Å²) in [7, 11) is 0. The molecule has 1 aliphatic rings. The molecule has 0 saturated carbocycles. The van der Waals surface area contributed by atoms with Gasteiger partial charge in [-0.3, -0.25) is 4.79 Å². The Kier molecular flexibility index (Phi) is 4.38. The molecule has 0 saturated heterocycles. The minimum atomic E-state index is 0.0413. The Morgan fingerprint density at radius 2 is 1.95 bits per heavy atom. The Balaban J connectivity index is 2.15. The molecule has 1 amide bonds. The number of aliphatic hydroxyl groups is 1. The largest absolute Gasteiger partial charge is 0.396 e. The summed E-state index contributed by atoms with van der Waals surface area (Å²) in [4.78, 5) is 14.1. The number of benzene rings is 1. The molecule has 0 spiro atoms. The number of nitrogens with zero attached hydrogens (tertiary/aromatic N) is 1. The molecule has 1 aromatic rings. The van der Waals surface area contributed by atoms with E-state index in [4.69, 9.17) is 5.11 Å². The van der Waals surface area contributed by atoms with Gasteiger partial charge < -0.3 is 10.0 Å². The van der Waals surface area contributed by atoms with Gasteiger partial charge in [-0.2, -0.15) is 0 Å². The second-order valence-corrected chi connectivity index (χ2v) is 5.08. The predicted molar refractivity (Wildman–Crippen MR) is 76.6 cm³/mol. The molecule has 3 heteroatoms. The molecule has 0 bridgehead atoms. The summed E-state index contributed by atoms with van der Waals surface area (Å²) >= 11 is 0. The average Bonchev–Trinajstić information content (AvgIpc) is 2.65. The van der Waals surface area contributed by atoms with Crippen LogP contribution in [-0.2, 0) is 0 Å². The highest BCUT2D eigenvalue weighted by Gasteiger charge is 2.31. The number of fused-ring (bicyclic) bond motifs is 1. The molecular formula is C16H21NO2. The first kappa shape index (κ1) is 13.8. The first-order chi connectivity index (χ1) is 9.19. The zero-order chi connectivity index (χ0) is 13.8. The molecule has 0 fully saturated rings. The van der Waals surface area contributed by atoms with Gasteiger partial charge in [0.25, 0.3) is 5.91 Å². The van der Waals surface area contributed by atoms with Crippen molar-refractivity contribution in [1.29, 1.82) is 0 Å². The molecule has 1 unspecified atom stereocenters. The van der Waals surface area contributed by atoms with E-state index in [1.165, 1.54) is 0 Å². The van der Waals surface area contributed by atoms with Crippen molar-refractivity contribution in [3.05, 3.63) is 42.0 Å². The zero-order valence-corrected chi connectivity index (χ0v) is 11.4. The molecule has 3 nitrogen and oxygen atoms in total. The van der Waals surface area contributed by atoms with E-state index in [1.807, 2.05) is 24.3 Å². The lowest BCUT2D eigenvalue weighted by atomic mass is 9.99. The number of aliphatic hydroxyl groups excluding tert-OH is 1. The summed E-state index contributed by atoms with van der Waals surface area (Å²) < 4.78 is 0. The Morgan fingerprint density at radius 1 is 1.26 bits per heavy atom. The maximum absolute atomic E-state index is 12.4. The van der Waals surface area contributed by atoms with Gasteiger partial charge in [-0.15, -0.1) is 0 Å². The first-order valence-corrected chi connectivity index (χ1v) is 6.90. The van der Waals surface area contributed by atoms with Crippen molar-refractivity contribution in [2.45, 2.75) is 26.2 Å². The Morgan fingerprint density at radius 3 is 2.53 bits per heavy atom. The molecule has 19 heavy (non-hydrogen) atoms. The smallest absolute Gasteiger partial charge is 0.258 e. The van der Waals surface area contributed by atoms with E-state index >= 15 is 0 Å². The van der Waals surface area contributed by atoms with Gasteiger partial charge in [0.1, 0.15) is 0 Å². The zero-order valence-electron chi connectivity index (χ0n) is 11.4. The van der Waals surface area contributed by atoms with E-state index < -0.39 is 0 Å². The Labute approximate surface area is 114 Å². The van der Waals surface area contributed by atoms with E-state index in [1.54, 1.807) is 4.90 Å². The molecule has 0 aromatic heterocycles. The summed E-state index contributed by atoms with van der Waals surface area (Å²) in [6, 6.07) is 7.60. The molecule has 102 valence electrons. The Bertz CT molecular complexity index is 440. The Hall–Kier alpha value is -1.61. The quantitative estimate of drug-likeness (QED) is 0.853. The minimum absolute atomic E-state index is 0.0413. The van der Waals surface area contributed by atoms with Crippen LogP contribution in [0.3, 0.4) is 0 Å². The van der Waals surface area contributed by atoms with Gasteiger partial charge in [0.05, 0.1) is 0 Å². The monoisotopic (exact) mass is 259 g/mol. The van der Waals surface area contributed by atoms with Crippen molar-refractivity contribution in [2.75, 3.05) is 13.2 Å².